The van der Waals surface area contributed by atoms with E-state index < -0.39 is 0 Å². The fraction of sp³-hybridized carbons (Fsp3) is 0.400. The number of amides is 2. The summed E-state index contributed by atoms with van der Waals surface area (Å²) in [4.78, 5) is 32.8. The van der Waals surface area contributed by atoms with E-state index in [0.29, 0.717) is 17.8 Å². The maximum atomic E-state index is 13.6. The van der Waals surface area contributed by atoms with Crippen molar-refractivity contribution in [3.63, 3.8) is 0 Å². The Kier molecular flexibility index (Phi) is 4.66. The van der Waals surface area contributed by atoms with Gasteiger partial charge in [-0.25, -0.2) is 4.98 Å². The molecule has 2 amide bonds. The summed E-state index contributed by atoms with van der Waals surface area (Å²) in [5, 5.41) is 7.23. The van der Waals surface area contributed by atoms with E-state index in [1.54, 1.807) is 20.9 Å². The Labute approximate surface area is 167 Å². The third kappa shape index (κ3) is 3.07. The van der Waals surface area contributed by atoms with Crippen molar-refractivity contribution in [2.75, 3.05) is 6.54 Å². The van der Waals surface area contributed by atoms with E-state index in [-0.39, 0.29) is 23.8 Å². The Morgan fingerprint density at radius 2 is 2.11 bits per heavy atom. The van der Waals surface area contributed by atoms with Crippen LogP contribution in [0.15, 0.2) is 23.6 Å². The molecular weight excluding hydrogens is 374 g/mol. The number of carbonyl (C=O) groups excluding carboxylic acids is 2. The second kappa shape index (κ2) is 7.01. The molecule has 0 radical (unpaired) electrons. The summed E-state index contributed by atoms with van der Waals surface area (Å²) < 4.78 is 1.71. The van der Waals surface area contributed by atoms with E-state index in [9.17, 15) is 9.59 Å². The van der Waals surface area contributed by atoms with Gasteiger partial charge in [0.1, 0.15) is 0 Å². The topological polar surface area (TPSA) is 94.1 Å². The lowest BCUT2D eigenvalue weighted by atomic mass is 9.92. The van der Waals surface area contributed by atoms with Crippen LogP contribution in [0.2, 0.25) is 0 Å². The summed E-state index contributed by atoms with van der Waals surface area (Å²) >= 11 is 1.58. The highest BCUT2D eigenvalue weighted by Gasteiger charge is 2.33. The molecule has 3 aromatic rings. The van der Waals surface area contributed by atoms with Gasteiger partial charge in [-0.05, 0) is 44.2 Å². The molecular formula is C20H23N5O2S. The number of carbonyl (C=O) groups is 2. The number of fused-ring (bicyclic) bond motifs is 1. The van der Waals surface area contributed by atoms with E-state index in [1.165, 1.54) is 0 Å². The molecule has 0 saturated carbocycles. The minimum absolute atomic E-state index is 0.0495. The second-order valence-electron chi connectivity index (χ2n) is 7.42. The normalized spacial score (nSPS) is 19.9. The average Bonchev–Trinajstić information content (AvgIpc) is 3.29. The lowest BCUT2D eigenvalue weighted by molar-refractivity contribution is -0.123. The summed E-state index contributed by atoms with van der Waals surface area (Å²) in [6.07, 6.45) is 1.48. The largest absolute Gasteiger partial charge is 0.369 e. The Bertz CT molecular complexity index is 1060. The van der Waals surface area contributed by atoms with Gasteiger partial charge in [0.2, 0.25) is 5.91 Å². The Morgan fingerprint density at radius 1 is 1.32 bits per heavy atom. The zero-order chi connectivity index (χ0) is 20.0. The molecule has 0 unspecified atom stereocenters. The van der Waals surface area contributed by atoms with Crippen molar-refractivity contribution >= 4 is 34.2 Å². The maximum absolute atomic E-state index is 13.6. The zero-order valence-corrected chi connectivity index (χ0v) is 17.0. The number of likely N-dealkylation sites (tertiary alicyclic amines) is 1. The van der Waals surface area contributed by atoms with Gasteiger partial charge < -0.3 is 10.6 Å². The predicted molar refractivity (Wildman–Crippen MR) is 109 cm³/mol. The number of nitrogens with zero attached hydrogens (tertiary/aromatic N) is 4. The van der Waals surface area contributed by atoms with Crippen LogP contribution in [0, 0.1) is 12.8 Å². The number of aryl methyl sites for hydroxylation is 2. The fourth-order valence-corrected chi connectivity index (χ4v) is 4.63. The summed E-state index contributed by atoms with van der Waals surface area (Å²) in [7, 11) is 1.83. The molecule has 1 fully saturated rings. The number of pyridine rings is 1. The van der Waals surface area contributed by atoms with Crippen LogP contribution in [0.25, 0.3) is 21.6 Å². The van der Waals surface area contributed by atoms with Crippen LogP contribution in [-0.4, -0.2) is 44.1 Å². The molecule has 0 aromatic carbocycles. The Morgan fingerprint density at radius 3 is 2.79 bits per heavy atom. The number of nitrogens with two attached hydrogens (primary N) is 1. The summed E-state index contributed by atoms with van der Waals surface area (Å²) in [6, 6.07) is 5.86. The minimum Gasteiger partial charge on any atom is -0.369 e. The van der Waals surface area contributed by atoms with Gasteiger partial charge in [0.05, 0.1) is 33.1 Å². The van der Waals surface area contributed by atoms with Crippen LogP contribution >= 0.6 is 11.3 Å². The van der Waals surface area contributed by atoms with Crippen LogP contribution in [0.1, 0.15) is 35.8 Å². The van der Waals surface area contributed by atoms with Crippen molar-refractivity contribution < 1.29 is 9.59 Å². The monoisotopic (exact) mass is 397 g/mol. The summed E-state index contributed by atoms with van der Waals surface area (Å²) in [5.41, 5.74) is 8.30. The van der Waals surface area contributed by atoms with E-state index in [4.69, 9.17) is 10.7 Å². The zero-order valence-electron chi connectivity index (χ0n) is 16.2. The third-order valence-corrected chi connectivity index (χ3v) is 6.41. The highest BCUT2D eigenvalue weighted by Crippen LogP contribution is 2.31. The fourth-order valence-electron chi connectivity index (χ4n) is 3.94. The summed E-state index contributed by atoms with van der Waals surface area (Å²) in [6.45, 7) is 4.26. The van der Waals surface area contributed by atoms with Gasteiger partial charge in [-0.3, -0.25) is 14.3 Å². The molecule has 0 bridgehead atoms. The predicted octanol–water partition coefficient (Wildman–Crippen LogP) is 2.73. The van der Waals surface area contributed by atoms with Crippen LogP contribution in [0.3, 0.4) is 0 Å². The molecule has 1 aliphatic rings. The number of hydrogen-bond acceptors (Lipinski definition) is 5. The number of aromatic nitrogens is 3. The number of hydrogen-bond donors (Lipinski definition) is 1. The molecule has 28 heavy (non-hydrogen) atoms. The Balaban J connectivity index is 1.84. The minimum atomic E-state index is -0.346. The first-order valence-corrected chi connectivity index (χ1v) is 10.2. The number of primary amides is 1. The van der Waals surface area contributed by atoms with Crippen molar-refractivity contribution in [2.45, 2.75) is 32.7 Å². The van der Waals surface area contributed by atoms with Crippen molar-refractivity contribution in [3.05, 3.63) is 34.8 Å². The molecule has 8 heteroatoms. The highest BCUT2D eigenvalue weighted by molar-refractivity contribution is 7.13. The molecule has 4 rings (SSSR count). The first-order valence-electron chi connectivity index (χ1n) is 9.35. The standard InChI is InChI=1S/C20H23N5O2S/c1-11-6-7-13(18(21)26)10-25(11)20(27)14-9-15(16-5-4-8-28-16)22-19-17(14)12(2)23-24(19)3/h4-5,8-9,11,13H,6-7,10H2,1-3H3,(H2,21,26)/t11-,13-/m1/s1. The van der Waals surface area contributed by atoms with Crippen LogP contribution in [-0.2, 0) is 11.8 Å². The molecule has 2 N–H and O–H groups in total. The number of piperidine rings is 1. The SMILES string of the molecule is Cc1nn(C)c2nc(-c3cccs3)cc(C(=O)N3C[C@H](C(N)=O)CC[C@H]3C)c12. The first-order chi connectivity index (χ1) is 13.4. The van der Waals surface area contributed by atoms with E-state index >= 15 is 0 Å². The van der Waals surface area contributed by atoms with Crippen LogP contribution in [0.5, 0.6) is 0 Å². The van der Waals surface area contributed by atoms with Crippen molar-refractivity contribution in [1.29, 1.82) is 0 Å². The first kappa shape index (κ1) is 18.6. The smallest absolute Gasteiger partial charge is 0.255 e. The molecule has 1 aliphatic heterocycles. The van der Waals surface area contributed by atoms with Crippen molar-refractivity contribution in [2.24, 2.45) is 18.7 Å². The lowest BCUT2D eigenvalue weighted by Gasteiger charge is -2.37. The van der Waals surface area contributed by atoms with Gasteiger partial charge >= 0.3 is 0 Å². The lowest BCUT2D eigenvalue weighted by Crippen LogP contribution is -2.48. The summed E-state index contributed by atoms with van der Waals surface area (Å²) in [5.74, 6) is -0.745. The number of thiophene rings is 1. The molecule has 3 aromatic heterocycles. The quantitative estimate of drug-likeness (QED) is 0.735. The van der Waals surface area contributed by atoms with Crippen molar-refractivity contribution in [3.8, 4) is 10.6 Å². The van der Waals surface area contributed by atoms with Gasteiger partial charge in [-0.1, -0.05) is 6.07 Å². The molecule has 0 spiro atoms. The van der Waals surface area contributed by atoms with Gasteiger partial charge in [0.15, 0.2) is 5.65 Å². The molecule has 1 saturated heterocycles. The van der Waals surface area contributed by atoms with Crippen LogP contribution < -0.4 is 5.73 Å². The second-order valence-corrected chi connectivity index (χ2v) is 8.37. The van der Waals surface area contributed by atoms with Crippen molar-refractivity contribution in [1.82, 2.24) is 19.7 Å². The highest BCUT2D eigenvalue weighted by atomic mass is 32.1. The average molecular weight is 398 g/mol. The Hall–Kier alpha value is -2.74. The van der Waals surface area contributed by atoms with E-state index in [2.05, 4.69) is 5.10 Å². The van der Waals surface area contributed by atoms with Gasteiger partial charge in [0.25, 0.3) is 5.91 Å². The van der Waals surface area contributed by atoms with E-state index in [0.717, 1.165) is 34.5 Å². The maximum Gasteiger partial charge on any atom is 0.255 e. The van der Waals surface area contributed by atoms with E-state index in [1.807, 2.05) is 44.5 Å². The van der Waals surface area contributed by atoms with Gasteiger partial charge in [0, 0.05) is 19.6 Å². The molecule has 2 atom stereocenters. The van der Waals surface area contributed by atoms with Gasteiger partial charge in [-0.2, -0.15) is 5.10 Å². The molecule has 7 nitrogen and oxygen atoms in total. The molecule has 4 heterocycles. The van der Waals surface area contributed by atoms with Crippen LogP contribution in [0.4, 0.5) is 0 Å². The number of rotatable bonds is 3. The molecule has 0 aliphatic carbocycles. The molecule has 146 valence electrons. The van der Waals surface area contributed by atoms with Gasteiger partial charge in [-0.15, -0.1) is 11.3 Å². The third-order valence-electron chi connectivity index (χ3n) is 5.52.